The second-order valence-electron chi connectivity index (χ2n) is 6.80. The summed E-state index contributed by atoms with van der Waals surface area (Å²) in [5.74, 6) is -1.60. The fourth-order valence-corrected chi connectivity index (χ4v) is 6.31. The lowest BCUT2D eigenvalue weighted by molar-refractivity contribution is -0.140. The summed E-state index contributed by atoms with van der Waals surface area (Å²) in [6.07, 6.45) is 0.205. The van der Waals surface area contributed by atoms with Crippen LogP contribution in [0.25, 0.3) is 10.4 Å². The SMILES string of the molecule is O=C(O)[C@@]1(NS(=O)(=O)c2ccc(-c3ccc(Cl)c(Cl)c3)s2)C[C@H]1c1ccccc1. The fraction of sp³-hybridized carbons (Fsp3) is 0.150. The Morgan fingerprint density at radius 2 is 1.79 bits per heavy atom. The summed E-state index contributed by atoms with van der Waals surface area (Å²) < 4.78 is 28.3. The second-order valence-corrected chi connectivity index (χ2v) is 10.6. The maximum absolute atomic E-state index is 12.9. The lowest BCUT2D eigenvalue weighted by Crippen LogP contribution is -2.44. The number of thiophene rings is 1. The van der Waals surface area contributed by atoms with Crippen LogP contribution in [-0.4, -0.2) is 25.0 Å². The molecule has 150 valence electrons. The van der Waals surface area contributed by atoms with E-state index in [-0.39, 0.29) is 10.6 Å². The van der Waals surface area contributed by atoms with Crippen LogP contribution in [0.4, 0.5) is 0 Å². The highest BCUT2D eigenvalue weighted by Crippen LogP contribution is 2.52. The average Bonchev–Trinajstić information content (AvgIpc) is 3.18. The summed E-state index contributed by atoms with van der Waals surface area (Å²) in [5, 5.41) is 10.5. The Bertz CT molecular complexity index is 1190. The summed E-state index contributed by atoms with van der Waals surface area (Å²) in [5.41, 5.74) is -0.0128. The van der Waals surface area contributed by atoms with Gasteiger partial charge in [-0.3, -0.25) is 4.79 Å². The van der Waals surface area contributed by atoms with Crippen LogP contribution in [0.3, 0.4) is 0 Å². The van der Waals surface area contributed by atoms with E-state index in [4.69, 9.17) is 23.2 Å². The van der Waals surface area contributed by atoms with Gasteiger partial charge in [-0.25, -0.2) is 8.42 Å². The van der Waals surface area contributed by atoms with Crippen molar-refractivity contribution < 1.29 is 18.3 Å². The summed E-state index contributed by atoms with van der Waals surface area (Å²) in [7, 11) is -4.02. The zero-order valence-corrected chi connectivity index (χ0v) is 17.9. The first-order valence-electron chi connectivity index (χ1n) is 8.60. The quantitative estimate of drug-likeness (QED) is 0.533. The van der Waals surface area contributed by atoms with Crippen molar-refractivity contribution in [2.45, 2.75) is 22.1 Å². The standard InChI is InChI=1S/C20H15Cl2NO4S2/c21-15-7-6-13(10-16(15)22)17-8-9-18(28-17)29(26,27)23-20(19(24)25)11-14(20)12-4-2-1-3-5-12/h1-10,14,23H,11H2,(H,24,25)/t14-,20+/m0/s1. The molecule has 2 aromatic carbocycles. The van der Waals surface area contributed by atoms with Gasteiger partial charge in [-0.05, 0) is 41.8 Å². The van der Waals surface area contributed by atoms with Crippen LogP contribution >= 0.6 is 34.5 Å². The Kier molecular flexibility index (Phi) is 5.21. The highest BCUT2D eigenvalue weighted by Gasteiger charge is 2.63. The predicted octanol–water partition coefficient (Wildman–Crippen LogP) is 5.01. The van der Waals surface area contributed by atoms with Gasteiger partial charge in [0, 0.05) is 10.8 Å². The number of carbonyl (C=O) groups is 1. The maximum Gasteiger partial charge on any atom is 0.325 e. The Morgan fingerprint density at radius 1 is 1.07 bits per heavy atom. The number of hydrogen-bond acceptors (Lipinski definition) is 4. The molecule has 1 aromatic heterocycles. The molecule has 1 heterocycles. The predicted molar refractivity (Wildman–Crippen MR) is 114 cm³/mol. The van der Waals surface area contributed by atoms with Gasteiger partial charge < -0.3 is 5.11 Å². The van der Waals surface area contributed by atoms with Crippen molar-refractivity contribution in [3.05, 3.63) is 76.3 Å². The Labute approximate surface area is 182 Å². The maximum atomic E-state index is 12.9. The minimum absolute atomic E-state index is 0.0397. The molecule has 0 unspecified atom stereocenters. The first-order valence-corrected chi connectivity index (χ1v) is 11.7. The molecule has 5 nitrogen and oxygen atoms in total. The molecule has 29 heavy (non-hydrogen) atoms. The average molecular weight is 468 g/mol. The topological polar surface area (TPSA) is 83.5 Å². The molecule has 1 fully saturated rings. The number of aliphatic carboxylic acids is 1. The Morgan fingerprint density at radius 3 is 2.45 bits per heavy atom. The minimum Gasteiger partial charge on any atom is -0.480 e. The van der Waals surface area contributed by atoms with Crippen LogP contribution in [0.15, 0.2) is 64.9 Å². The Balaban J connectivity index is 1.61. The zero-order chi connectivity index (χ0) is 20.8. The van der Waals surface area contributed by atoms with Gasteiger partial charge >= 0.3 is 5.97 Å². The van der Waals surface area contributed by atoms with Crippen LogP contribution in [0, 0.1) is 0 Å². The van der Waals surface area contributed by atoms with E-state index < -0.39 is 27.4 Å². The van der Waals surface area contributed by atoms with E-state index in [1.54, 1.807) is 48.5 Å². The van der Waals surface area contributed by atoms with Crippen LogP contribution < -0.4 is 4.72 Å². The van der Waals surface area contributed by atoms with E-state index >= 15 is 0 Å². The van der Waals surface area contributed by atoms with Gasteiger partial charge in [0.15, 0.2) is 0 Å². The Hall–Kier alpha value is -1.90. The van der Waals surface area contributed by atoms with Gasteiger partial charge in [0.2, 0.25) is 0 Å². The number of carboxylic acids is 1. The van der Waals surface area contributed by atoms with E-state index in [1.807, 2.05) is 6.07 Å². The largest absolute Gasteiger partial charge is 0.480 e. The van der Waals surface area contributed by atoms with Gasteiger partial charge in [0.05, 0.1) is 10.0 Å². The number of benzene rings is 2. The minimum atomic E-state index is -4.02. The highest BCUT2D eigenvalue weighted by molar-refractivity contribution is 7.91. The van der Waals surface area contributed by atoms with E-state index in [0.717, 1.165) is 22.5 Å². The lowest BCUT2D eigenvalue weighted by atomic mass is 10.1. The molecule has 0 saturated heterocycles. The molecule has 9 heteroatoms. The fourth-order valence-electron chi connectivity index (χ4n) is 3.30. The van der Waals surface area contributed by atoms with Crippen LogP contribution in [0.1, 0.15) is 17.9 Å². The molecule has 0 radical (unpaired) electrons. The molecule has 2 N–H and O–H groups in total. The van der Waals surface area contributed by atoms with E-state index in [2.05, 4.69) is 4.72 Å². The van der Waals surface area contributed by atoms with E-state index in [0.29, 0.717) is 14.9 Å². The normalized spacial score (nSPS) is 21.1. The van der Waals surface area contributed by atoms with Gasteiger partial charge in [-0.1, -0.05) is 59.6 Å². The van der Waals surface area contributed by atoms with Crippen molar-refractivity contribution in [1.29, 1.82) is 0 Å². The first kappa shape index (κ1) is 20.4. The van der Waals surface area contributed by atoms with Gasteiger partial charge in [-0.2, -0.15) is 4.72 Å². The molecule has 1 aliphatic rings. The number of halogens is 2. The summed E-state index contributed by atoms with van der Waals surface area (Å²) in [6, 6.07) is 17.2. The van der Waals surface area contributed by atoms with Crippen molar-refractivity contribution >= 4 is 50.5 Å². The van der Waals surface area contributed by atoms with Crippen molar-refractivity contribution in [2.75, 3.05) is 0 Å². The third-order valence-electron chi connectivity index (χ3n) is 4.91. The second kappa shape index (κ2) is 7.41. The van der Waals surface area contributed by atoms with Gasteiger partial charge in [0.1, 0.15) is 9.75 Å². The smallest absolute Gasteiger partial charge is 0.325 e. The van der Waals surface area contributed by atoms with E-state index in [9.17, 15) is 18.3 Å². The van der Waals surface area contributed by atoms with Crippen LogP contribution in [0.2, 0.25) is 10.0 Å². The third-order valence-corrected chi connectivity index (χ3v) is 8.79. The van der Waals surface area contributed by atoms with E-state index in [1.165, 1.54) is 6.07 Å². The number of rotatable bonds is 6. The van der Waals surface area contributed by atoms with Crippen LogP contribution in [0.5, 0.6) is 0 Å². The number of carboxylic acid groups (broad SMARTS) is 1. The monoisotopic (exact) mass is 467 g/mol. The van der Waals surface area contributed by atoms with Gasteiger partial charge in [-0.15, -0.1) is 11.3 Å². The van der Waals surface area contributed by atoms with Crippen molar-refractivity contribution in [2.24, 2.45) is 0 Å². The molecule has 1 aliphatic carbocycles. The number of sulfonamides is 1. The lowest BCUT2D eigenvalue weighted by Gasteiger charge is -2.14. The third kappa shape index (κ3) is 3.81. The number of hydrogen-bond donors (Lipinski definition) is 2. The molecule has 4 rings (SSSR count). The molecule has 3 aromatic rings. The number of nitrogens with one attached hydrogen (secondary N) is 1. The molecule has 0 aliphatic heterocycles. The molecule has 0 spiro atoms. The summed E-state index contributed by atoms with van der Waals surface area (Å²) >= 11 is 13.0. The van der Waals surface area contributed by atoms with Crippen molar-refractivity contribution in [3.8, 4) is 10.4 Å². The van der Waals surface area contributed by atoms with Crippen molar-refractivity contribution in [1.82, 2.24) is 4.72 Å². The highest BCUT2D eigenvalue weighted by atomic mass is 35.5. The molecule has 1 saturated carbocycles. The molecular weight excluding hydrogens is 453 g/mol. The summed E-state index contributed by atoms with van der Waals surface area (Å²) in [6.45, 7) is 0. The van der Waals surface area contributed by atoms with Crippen molar-refractivity contribution in [3.63, 3.8) is 0 Å². The first-order chi connectivity index (χ1) is 13.7. The zero-order valence-electron chi connectivity index (χ0n) is 14.8. The molecular formula is C20H15Cl2NO4S2. The molecule has 0 bridgehead atoms. The molecule has 0 amide bonds. The van der Waals surface area contributed by atoms with Gasteiger partial charge in [0.25, 0.3) is 10.0 Å². The summed E-state index contributed by atoms with van der Waals surface area (Å²) in [4.78, 5) is 12.6. The molecule has 2 atom stereocenters. The van der Waals surface area contributed by atoms with Crippen LogP contribution in [-0.2, 0) is 14.8 Å².